The van der Waals surface area contributed by atoms with Crippen LogP contribution in [0.1, 0.15) is 34.6 Å². The quantitative estimate of drug-likeness (QED) is 0.800. The molecule has 0 saturated carbocycles. The van der Waals surface area contributed by atoms with Gasteiger partial charge in [0.2, 0.25) is 0 Å². The molecular formula is C18H26N2O4. The van der Waals surface area contributed by atoms with E-state index in [1.807, 2.05) is 0 Å². The fourth-order valence-corrected chi connectivity index (χ4v) is 2.77. The molecule has 1 N–H and O–H groups in total. The molecule has 1 heterocycles. The molecule has 1 amide bonds. The first-order valence-corrected chi connectivity index (χ1v) is 8.30. The molecule has 6 nitrogen and oxygen atoms in total. The summed E-state index contributed by atoms with van der Waals surface area (Å²) in [7, 11) is 1.33. The Labute approximate surface area is 143 Å². The van der Waals surface area contributed by atoms with E-state index in [-0.39, 0.29) is 12.0 Å². The van der Waals surface area contributed by atoms with Crippen molar-refractivity contribution < 1.29 is 19.1 Å². The Morgan fingerprint density at radius 3 is 2.58 bits per heavy atom. The lowest BCUT2D eigenvalue weighted by molar-refractivity contribution is -0.0295. The second kappa shape index (κ2) is 8.80. The van der Waals surface area contributed by atoms with Crippen molar-refractivity contribution in [2.24, 2.45) is 5.92 Å². The van der Waals surface area contributed by atoms with Crippen LogP contribution in [-0.4, -0.2) is 62.8 Å². The SMILES string of the molecule is COC(=O)c1ccc(C(=O)NCC2CN(CC(C)C)CCO2)cc1. The molecule has 1 aliphatic rings. The highest BCUT2D eigenvalue weighted by atomic mass is 16.5. The van der Waals surface area contributed by atoms with Gasteiger partial charge in [0, 0.05) is 31.7 Å². The summed E-state index contributed by atoms with van der Waals surface area (Å²) in [6.07, 6.45) is 0.00999. The molecule has 1 atom stereocenters. The molecule has 0 spiro atoms. The zero-order chi connectivity index (χ0) is 17.5. The number of nitrogens with zero attached hydrogens (tertiary/aromatic N) is 1. The Morgan fingerprint density at radius 2 is 1.96 bits per heavy atom. The van der Waals surface area contributed by atoms with Crippen LogP contribution in [0.25, 0.3) is 0 Å². The van der Waals surface area contributed by atoms with Gasteiger partial charge in [-0.2, -0.15) is 0 Å². The molecule has 1 unspecified atom stereocenters. The first-order valence-electron chi connectivity index (χ1n) is 8.30. The highest BCUT2D eigenvalue weighted by Gasteiger charge is 2.21. The minimum Gasteiger partial charge on any atom is -0.465 e. The third-order valence-corrected chi connectivity index (χ3v) is 3.90. The van der Waals surface area contributed by atoms with Gasteiger partial charge in [0.05, 0.1) is 25.4 Å². The molecule has 24 heavy (non-hydrogen) atoms. The lowest BCUT2D eigenvalue weighted by atomic mass is 10.1. The molecule has 6 heteroatoms. The van der Waals surface area contributed by atoms with Crippen molar-refractivity contribution in [3.63, 3.8) is 0 Å². The van der Waals surface area contributed by atoms with E-state index >= 15 is 0 Å². The monoisotopic (exact) mass is 334 g/mol. The normalized spacial score (nSPS) is 18.4. The van der Waals surface area contributed by atoms with Gasteiger partial charge in [-0.05, 0) is 30.2 Å². The van der Waals surface area contributed by atoms with Crippen LogP contribution in [0.3, 0.4) is 0 Å². The van der Waals surface area contributed by atoms with E-state index in [4.69, 9.17) is 4.74 Å². The molecule has 2 rings (SSSR count). The van der Waals surface area contributed by atoms with Gasteiger partial charge in [-0.25, -0.2) is 4.79 Å². The van der Waals surface area contributed by atoms with Crippen molar-refractivity contribution in [3.8, 4) is 0 Å². The number of carbonyl (C=O) groups is 2. The minimum atomic E-state index is -0.414. The molecule has 1 saturated heterocycles. The molecule has 1 aromatic carbocycles. The van der Waals surface area contributed by atoms with E-state index in [9.17, 15) is 9.59 Å². The van der Waals surface area contributed by atoms with E-state index in [1.54, 1.807) is 24.3 Å². The van der Waals surface area contributed by atoms with Gasteiger partial charge < -0.3 is 14.8 Å². The maximum absolute atomic E-state index is 12.2. The number of hydrogen-bond acceptors (Lipinski definition) is 5. The average Bonchev–Trinajstić information content (AvgIpc) is 2.59. The number of methoxy groups -OCH3 is 1. The van der Waals surface area contributed by atoms with Crippen LogP contribution in [0.2, 0.25) is 0 Å². The standard InChI is InChI=1S/C18H26N2O4/c1-13(2)11-20-8-9-24-16(12-20)10-19-17(21)14-4-6-15(7-5-14)18(22)23-3/h4-7,13,16H,8-12H2,1-3H3,(H,19,21). The Bertz CT molecular complexity index is 557. The van der Waals surface area contributed by atoms with Gasteiger partial charge in [0.25, 0.3) is 5.91 Å². The minimum absolute atomic E-state index is 0.00999. The number of esters is 1. The average molecular weight is 334 g/mol. The lowest BCUT2D eigenvalue weighted by Gasteiger charge is -2.33. The second-order valence-electron chi connectivity index (χ2n) is 6.43. The Balaban J connectivity index is 1.83. The summed E-state index contributed by atoms with van der Waals surface area (Å²) in [6, 6.07) is 6.41. The summed E-state index contributed by atoms with van der Waals surface area (Å²) in [5.41, 5.74) is 0.937. The first-order chi connectivity index (χ1) is 11.5. The van der Waals surface area contributed by atoms with Crippen molar-refractivity contribution in [2.75, 3.05) is 39.9 Å². The lowest BCUT2D eigenvalue weighted by Crippen LogP contribution is -2.48. The Kier molecular flexibility index (Phi) is 6.75. The number of nitrogens with one attached hydrogen (secondary N) is 1. The smallest absolute Gasteiger partial charge is 0.337 e. The van der Waals surface area contributed by atoms with Crippen molar-refractivity contribution in [1.82, 2.24) is 10.2 Å². The molecule has 0 bridgehead atoms. The molecule has 0 aromatic heterocycles. The summed E-state index contributed by atoms with van der Waals surface area (Å²) < 4.78 is 10.4. The van der Waals surface area contributed by atoms with Crippen LogP contribution < -0.4 is 5.32 Å². The van der Waals surface area contributed by atoms with E-state index in [2.05, 4.69) is 28.8 Å². The maximum Gasteiger partial charge on any atom is 0.337 e. The van der Waals surface area contributed by atoms with Gasteiger partial charge in [0.1, 0.15) is 0 Å². The van der Waals surface area contributed by atoms with Gasteiger partial charge in [-0.15, -0.1) is 0 Å². The summed E-state index contributed by atoms with van der Waals surface area (Å²) in [5, 5.41) is 2.90. The highest BCUT2D eigenvalue weighted by Crippen LogP contribution is 2.09. The third kappa shape index (κ3) is 5.32. The van der Waals surface area contributed by atoms with E-state index in [1.165, 1.54) is 7.11 Å². The van der Waals surface area contributed by atoms with Crippen LogP contribution in [0.5, 0.6) is 0 Å². The van der Waals surface area contributed by atoms with Gasteiger partial charge in [-0.3, -0.25) is 9.69 Å². The Hall–Kier alpha value is -1.92. The molecule has 1 aromatic rings. The molecule has 1 aliphatic heterocycles. The van der Waals surface area contributed by atoms with Crippen LogP contribution >= 0.6 is 0 Å². The van der Waals surface area contributed by atoms with Crippen molar-refractivity contribution in [3.05, 3.63) is 35.4 Å². The first kappa shape index (κ1) is 18.4. The van der Waals surface area contributed by atoms with Crippen molar-refractivity contribution in [2.45, 2.75) is 20.0 Å². The van der Waals surface area contributed by atoms with Crippen LogP contribution in [0, 0.1) is 5.92 Å². The van der Waals surface area contributed by atoms with Crippen molar-refractivity contribution >= 4 is 11.9 Å². The van der Waals surface area contributed by atoms with Crippen LogP contribution in [-0.2, 0) is 9.47 Å². The second-order valence-corrected chi connectivity index (χ2v) is 6.43. The zero-order valence-corrected chi connectivity index (χ0v) is 14.6. The number of amides is 1. The zero-order valence-electron chi connectivity index (χ0n) is 14.6. The van der Waals surface area contributed by atoms with Gasteiger partial charge in [-0.1, -0.05) is 13.8 Å². The van der Waals surface area contributed by atoms with E-state index in [0.29, 0.717) is 30.2 Å². The molecule has 132 valence electrons. The Morgan fingerprint density at radius 1 is 1.29 bits per heavy atom. The van der Waals surface area contributed by atoms with Crippen LogP contribution in [0.4, 0.5) is 0 Å². The van der Waals surface area contributed by atoms with Crippen LogP contribution in [0.15, 0.2) is 24.3 Å². The summed E-state index contributed by atoms with van der Waals surface area (Å²) in [6.45, 7) is 8.39. The number of ether oxygens (including phenoxy) is 2. The number of rotatable bonds is 6. The molecule has 0 aliphatic carbocycles. The predicted octanol–water partition coefficient (Wildman–Crippen LogP) is 1.56. The molecule has 0 radical (unpaired) electrons. The largest absolute Gasteiger partial charge is 0.465 e. The van der Waals surface area contributed by atoms with Gasteiger partial charge >= 0.3 is 5.97 Å². The van der Waals surface area contributed by atoms with Gasteiger partial charge in [0.15, 0.2) is 0 Å². The number of hydrogen-bond donors (Lipinski definition) is 1. The summed E-state index contributed by atoms with van der Waals surface area (Å²) >= 11 is 0. The highest BCUT2D eigenvalue weighted by molar-refractivity contribution is 5.96. The summed E-state index contributed by atoms with van der Waals surface area (Å²) in [4.78, 5) is 26.0. The number of benzene rings is 1. The molecular weight excluding hydrogens is 308 g/mol. The van der Waals surface area contributed by atoms with E-state index in [0.717, 1.165) is 19.6 Å². The topological polar surface area (TPSA) is 67.9 Å². The third-order valence-electron chi connectivity index (χ3n) is 3.90. The maximum atomic E-state index is 12.2. The number of carbonyl (C=O) groups excluding carboxylic acids is 2. The fraction of sp³-hybridized carbons (Fsp3) is 0.556. The fourth-order valence-electron chi connectivity index (χ4n) is 2.77. The molecule has 1 fully saturated rings. The summed E-state index contributed by atoms with van der Waals surface area (Å²) in [5.74, 6) is 0.0328. The van der Waals surface area contributed by atoms with E-state index < -0.39 is 5.97 Å². The number of morpholine rings is 1. The van der Waals surface area contributed by atoms with Crippen molar-refractivity contribution in [1.29, 1.82) is 0 Å². The predicted molar refractivity (Wildman–Crippen MR) is 91.1 cm³/mol.